The third-order valence-corrected chi connectivity index (χ3v) is 3.43. The van der Waals surface area contributed by atoms with Gasteiger partial charge in [0.1, 0.15) is 11.9 Å². The Balaban J connectivity index is 1.52. The normalized spacial score (nSPS) is 17.2. The molecule has 22 heavy (non-hydrogen) atoms. The second kappa shape index (κ2) is 7.00. The summed E-state index contributed by atoms with van der Waals surface area (Å²) >= 11 is 0. The number of pyridine rings is 2. The van der Waals surface area contributed by atoms with E-state index in [1.54, 1.807) is 12.4 Å². The van der Waals surface area contributed by atoms with Gasteiger partial charge in [-0.3, -0.25) is 9.78 Å². The van der Waals surface area contributed by atoms with Crippen LogP contribution in [0.2, 0.25) is 0 Å². The Bertz CT molecular complexity index is 610. The average molecular weight is 298 g/mol. The molecule has 1 amide bonds. The van der Waals surface area contributed by atoms with Crippen LogP contribution < -0.4 is 10.6 Å². The lowest BCUT2D eigenvalue weighted by molar-refractivity contribution is -0.124. The number of carbonyl (C=O) groups excluding carboxylic acids is 1. The molecule has 1 atom stereocenters. The lowest BCUT2D eigenvalue weighted by Gasteiger charge is -2.11. The lowest BCUT2D eigenvalue weighted by atomic mass is 10.2. The second-order valence-corrected chi connectivity index (χ2v) is 5.10. The van der Waals surface area contributed by atoms with Crippen LogP contribution in [0.4, 0.5) is 11.5 Å². The third-order valence-electron chi connectivity index (χ3n) is 3.43. The largest absolute Gasteiger partial charge is 0.368 e. The molecule has 1 aliphatic heterocycles. The van der Waals surface area contributed by atoms with Crippen LogP contribution in [0.25, 0.3) is 0 Å². The van der Waals surface area contributed by atoms with Gasteiger partial charge in [-0.1, -0.05) is 6.07 Å². The molecule has 0 bridgehead atoms. The van der Waals surface area contributed by atoms with Gasteiger partial charge >= 0.3 is 0 Å². The SMILES string of the molecule is O=C(Nc1ccc(NCc2ccccn2)nc1)C1CCCO1. The topological polar surface area (TPSA) is 76.1 Å². The fourth-order valence-corrected chi connectivity index (χ4v) is 2.26. The van der Waals surface area contributed by atoms with Crippen molar-refractivity contribution in [2.75, 3.05) is 17.2 Å². The first-order valence-corrected chi connectivity index (χ1v) is 7.33. The monoisotopic (exact) mass is 298 g/mol. The zero-order valence-corrected chi connectivity index (χ0v) is 12.2. The highest BCUT2D eigenvalue weighted by molar-refractivity contribution is 5.94. The number of nitrogens with zero attached hydrogens (tertiary/aromatic N) is 2. The molecule has 114 valence electrons. The van der Waals surface area contributed by atoms with Crippen LogP contribution >= 0.6 is 0 Å². The molecule has 0 aliphatic carbocycles. The van der Waals surface area contributed by atoms with Crippen molar-refractivity contribution in [3.05, 3.63) is 48.4 Å². The van der Waals surface area contributed by atoms with Gasteiger partial charge in [0.2, 0.25) is 0 Å². The molecule has 0 aromatic carbocycles. The summed E-state index contributed by atoms with van der Waals surface area (Å²) in [6.45, 7) is 1.27. The first-order chi connectivity index (χ1) is 10.8. The van der Waals surface area contributed by atoms with Gasteiger partial charge in [-0.15, -0.1) is 0 Å². The Labute approximate surface area is 128 Å². The number of anilines is 2. The zero-order chi connectivity index (χ0) is 15.2. The third kappa shape index (κ3) is 3.79. The van der Waals surface area contributed by atoms with E-state index in [1.807, 2.05) is 30.3 Å². The van der Waals surface area contributed by atoms with E-state index in [4.69, 9.17) is 4.74 Å². The maximum absolute atomic E-state index is 11.9. The Kier molecular flexibility index (Phi) is 4.60. The van der Waals surface area contributed by atoms with E-state index in [2.05, 4.69) is 20.6 Å². The number of nitrogens with one attached hydrogen (secondary N) is 2. The van der Waals surface area contributed by atoms with E-state index in [9.17, 15) is 4.79 Å². The molecule has 1 unspecified atom stereocenters. The van der Waals surface area contributed by atoms with Crippen molar-refractivity contribution in [3.63, 3.8) is 0 Å². The Morgan fingerprint density at radius 3 is 2.91 bits per heavy atom. The number of hydrogen-bond donors (Lipinski definition) is 2. The van der Waals surface area contributed by atoms with Crippen LogP contribution in [0.15, 0.2) is 42.7 Å². The number of amides is 1. The van der Waals surface area contributed by atoms with Crippen molar-refractivity contribution in [2.45, 2.75) is 25.5 Å². The van der Waals surface area contributed by atoms with Gasteiger partial charge in [-0.2, -0.15) is 0 Å². The summed E-state index contributed by atoms with van der Waals surface area (Å²) in [5.41, 5.74) is 1.61. The summed E-state index contributed by atoms with van der Waals surface area (Å²) in [6, 6.07) is 9.42. The molecule has 0 radical (unpaired) electrons. The van der Waals surface area contributed by atoms with Crippen LogP contribution in [0, 0.1) is 0 Å². The van der Waals surface area contributed by atoms with Crippen LogP contribution in [-0.2, 0) is 16.1 Å². The van der Waals surface area contributed by atoms with Crippen molar-refractivity contribution in [3.8, 4) is 0 Å². The highest BCUT2D eigenvalue weighted by atomic mass is 16.5. The molecule has 0 saturated carbocycles. The summed E-state index contributed by atoms with van der Waals surface area (Å²) in [7, 11) is 0. The summed E-state index contributed by atoms with van der Waals surface area (Å²) in [5.74, 6) is 0.634. The average Bonchev–Trinajstić information content (AvgIpc) is 3.10. The molecule has 1 aliphatic rings. The molecular formula is C16H18N4O2. The maximum atomic E-state index is 11.9. The highest BCUT2D eigenvalue weighted by Crippen LogP contribution is 2.16. The molecule has 3 heterocycles. The second-order valence-electron chi connectivity index (χ2n) is 5.10. The smallest absolute Gasteiger partial charge is 0.253 e. The number of ether oxygens (including phenoxy) is 1. The summed E-state index contributed by atoms with van der Waals surface area (Å²) in [4.78, 5) is 20.4. The predicted octanol–water partition coefficient (Wildman–Crippen LogP) is 2.21. The maximum Gasteiger partial charge on any atom is 0.253 e. The number of carbonyl (C=O) groups is 1. The summed E-state index contributed by atoms with van der Waals surface area (Å²) < 4.78 is 5.35. The fraction of sp³-hybridized carbons (Fsp3) is 0.312. The van der Waals surface area contributed by atoms with Crippen LogP contribution in [-0.4, -0.2) is 28.6 Å². The first-order valence-electron chi connectivity index (χ1n) is 7.33. The summed E-state index contributed by atoms with van der Waals surface area (Å²) in [5, 5.41) is 6.00. The van der Waals surface area contributed by atoms with Crippen molar-refractivity contribution >= 4 is 17.4 Å². The molecule has 3 rings (SSSR count). The van der Waals surface area contributed by atoms with Crippen molar-refractivity contribution < 1.29 is 9.53 Å². The molecule has 1 saturated heterocycles. The van der Waals surface area contributed by atoms with Gasteiger partial charge in [-0.25, -0.2) is 4.98 Å². The van der Waals surface area contributed by atoms with Gasteiger partial charge in [0.05, 0.1) is 24.1 Å². The predicted molar refractivity (Wildman–Crippen MR) is 83.4 cm³/mol. The minimum atomic E-state index is -0.332. The molecule has 6 heteroatoms. The van der Waals surface area contributed by atoms with Gasteiger partial charge in [0, 0.05) is 12.8 Å². The van der Waals surface area contributed by atoms with Crippen LogP contribution in [0.1, 0.15) is 18.5 Å². The quantitative estimate of drug-likeness (QED) is 0.885. The number of hydrogen-bond acceptors (Lipinski definition) is 5. The zero-order valence-electron chi connectivity index (χ0n) is 12.2. The molecular weight excluding hydrogens is 280 g/mol. The molecule has 2 N–H and O–H groups in total. The Morgan fingerprint density at radius 2 is 2.23 bits per heavy atom. The van der Waals surface area contributed by atoms with Gasteiger partial charge < -0.3 is 15.4 Å². The van der Waals surface area contributed by atoms with Crippen molar-refractivity contribution in [1.82, 2.24) is 9.97 Å². The molecule has 2 aromatic rings. The van der Waals surface area contributed by atoms with Gasteiger partial charge in [0.15, 0.2) is 0 Å². The van der Waals surface area contributed by atoms with E-state index < -0.39 is 0 Å². The van der Waals surface area contributed by atoms with E-state index in [0.29, 0.717) is 18.8 Å². The lowest BCUT2D eigenvalue weighted by Crippen LogP contribution is -2.26. The van der Waals surface area contributed by atoms with Gasteiger partial charge in [0.25, 0.3) is 5.91 Å². The van der Waals surface area contributed by atoms with Crippen LogP contribution in [0.3, 0.4) is 0 Å². The Hall–Kier alpha value is -2.47. The minimum absolute atomic E-state index is 0.103. The number of aromatic nitrogens is 2. The van der Waals surface area contributed by atoms with E-state index in [0.717, 1.165) is 24.4 Å². The minimum Gasteiger partial charge on any atom is -0.368 e. The molecule has 0 spiro atoms. The van der Waals surface area contributed by atoms with Crippen molar-refractivity contribution in [2.24, 2.45) is 0 Å². The standard InChI is InChI=1S/C16H18N4O2/c21-16(14-5-3-9-22-14)20-13-6-7-15(19-11-13)18-10-12-4-1-2-8-17-12/h1-2,4,6-8,11,14H,3,5,9-10H2,(H,18,19)(H,20,21). The fourth-order valence-electron chi connectivity index (χ4n) is 2.26. The van der Waals surface area contributed by atoms with Gasteiger partial charge in [-0.05, 0) is 37.1 Å². The molecule has 6 nitrogen and oxygen atoms in total. The molecule has 1 fully saturated rings. The van der Waals surface area contributed by atoms with Crippen LogP contribution in [0.5, 0.6) is 0 Å². The molecule has 2 aromatic heterocycles. The highest BCUT2D eigenvalue weighted by Gasteiger charge is 2.23. The Morgan fingerprint density at radius 1 is 1.27 bits per heavy atom. The summed E-state index contributed by atoms with van der Waals surface area (Å²) in [6.07, 6.45) is 4.78. The number of rotatable bonds is 5. The first kappa shape index (κ1) is 14.5. The van der Waals surface area contributed by atoms with E-state index in [1.165, 1.54) is 0 Å². The van der Waals surface area contributed by atoms with Crippen molar-refractivity contribution in [1.29, 1.82) is 0 Å². The van der Waals surface area contributed by atoms with E-state index in [-0.39, 0.29) is 12.0 Å². The van der Waals surface area contributed by atoms with E-state index >= 15 is 0 Å².